The summed E-state index contributed by atoms with van der Waals surface area (Å²) in [6.07, 6.45) is 1.93. The third-order valence-electron chi connectivity index (χ3n) is 3.52. The predicted octanol–water partition coefficient (Wildman–Crippen LogP) is 3.51. The van der Waals surface area contributed by atoms with E-state index in [9.17, 15) is 4.79 Å². The van der Waals surface area contributed by atoms with E-state index in [1.165, 1.54) is 0 Å². The van der Waals surface area contributed by atoms with Gasteiger partial charge < -0.3 is 0 Å². The first-order chi connectivity index (χ1) is 8.69. The van der Waals surface area contributed by atoms with Crippen LogP contribution < -0.4 is 5.56 Å². The van der Waals surface area contributed by atoms with Crippen LogP contribution in [0.1, 0.15) is 38.3 Å². The van der Waals surface area contributed by atoms with Gasteiger partial charge in [-0.1, -0.05) is 44.2 Å². The van der Waals surface area contributed by atoms with Crippen LogP contribution in [0, 0.1) is 6.92 Å². The van der Waals surface area contributed by atoms with E-state index in [0.29, 0.717) is 0 Å². The van der Waals surface area contributed by atoms with Crippen LogP contribution in [0.2, 0.25) is 0 Å². The Balaban J connectivity index is 2.53. The summed E-state index contributed by atoms with van der Waals surface area (Å²) in [7, 11) is 0. The molecular formula is C15H20N2O. The maximum Gasteiger partial charge on any atom is 0.270 e. The van der Waals surface area contributed by atoms with Gasteiger partial charge in [-0.25, -0.2) is 4.68 Å². The molecule has 0 aliphatic heterocycles. The van der Waals surface area contributed by atoms with Crippen molar-refractivity contribution in [2.45, 2.75) is 39.7 Å². The van der Waals surface area contributed by atoms with Crippen LogP contribution in [-0.2, 0) is 0 Å². The fourth-order valence-corrected chi connectivity index (χ4v) is 2.34. The average Bonchev–Trinajstić information content (AvgIpc) is 2.70. The minimum absolute atomic E-state index is 0.0996. The van der Waals surface area contributed by atoms with Gasteiger partial charge in [0.15, 0.2) is 0 Å². The molecule has 0 fully saturated rings. The number of H-pyrrole nitrogens is 1. The van der Waals surface area contributed by atoms with Gasteiger partial charge in [0, 0.05) is 5.56 Å². The molecule has 0 bridgehead atoms. The Morgan fingerprint density at radius 3 is 2.33 bits per heavy atom. The van der Waals surface area contributed by atoms with Gasteiger partial charge in [0.1, 0.15) is 0 Å². The van der Waals surface area contributed by atoms with Gasteiger partial charge in [0.25, 0.3) is 5.56 Å². The average molecular weight is 244 g/mol. The summed E-state index contributed by atoms with van der Waals surface area (Å²) in [5.41, 5.74) is 2.90. The third-order valence-corrected chi connectivity index (χ3v) is 3.52. The topological polar surface area (TPSA) is 37.8 Å². The molecule has 1 aromatic carbocycles. The number of nitrogens with one attached hydrogen (secondary N) is 1. The van der Waals surface area contributed by atoms with E-state index in [1.54, 1.807) is 4.68 Å². The molecule has 18 heavy (non-hydrogen) atoms. The molecule has 1 heterocycles. The first-order valence-electron chi connectivity index (χ1n) is 6.55. The van der Waals surface area contributed by atoms with E-state index in [1.807, 2.05) is 37.3 Å². The number of aromatic nitrogens is 2. The number of aromatic amines is 1. The Bertz CT molecular complexity index is 562. The molecule has 0 saturated heterocycles. The lowest BCUT2D eigenvalue weighted by Gasteiger charge is -2.12. The molecule has 0 saturated carbocycles. The summed E-state index contributed by atoms with van der Waals surface area (Å²) in [5.74, 6) is 0. The highest BCUT2D eigenvalue weighted by Crippen LogP contribution is 2.21. The maximum atomic E-state index is 12.3. The lowest BCUT2D eigenvalue weighted by atomic mass is 10.1. The summed E-state index contributed by atoms with van der Waals surface area (Å²) in [6.45, 7) is 6.11. The second-order valence-electron chi connectivity index (χ2n) is 4.62. The van der Waals surface area contributed by atoms with Crippen LogP contribution in [0.5, 0.6) is 0 Å². The number of hydrogen-bond donors (Lipinski definition) is 1. The Labute approximate surface area is 107 Å². The second-order valence-corrected chi connectivity index (χ2v) is 4.62. The van der Waals surface area contributed by atoms with E-state index in [4.69, 9.17) is 0 Å². The van der Waals surface area contributed by atoms with Crippen molar-refractivity contribution >= 4 is 0 Å². The van der Waals surface area contributed by atoms with Gasteiger partial charge in [-0.05, 0) is 25.3 Å². The second kappa shape index (κ2) is 5.25. The van der Waals surface area contributed by atoms with Crippen molar-refractivity contribution in [3.05, 3.63) is 46.2 Å². The van der Waals surface area contributed by atoms with E-state index in [-0.39, 0.29) is 11.6 Å². The lowest BCUT2D eigenvalue weighted by molar-refractivity contribution is 0.418. The quantitative estimate of drug-likeness (QED) is 0.878. The molecule has 3 nitrogen and oxygen atoms in total. The van der Waals surface area contributed by atoms with Crippen molar-refractivity contribution in [2.24, 2.45) is 0 Å². The summed E-state index contributed by atoms with van der Waals surface area (Å²) < 4.78 is 1.78. The molecule has 3 heteroatoms. The molecule has 0 unspecified atom stereocenters. The molecule has 0 spiro atoms. The standard InChI is InChI=1S/C15H20N2O/c1-4-13(5-2)17-15(18)11(3)14(16-17)12-9-7-6-8-10-12/h6-10,13,16H,4-5H2,1-3H3. The summed E-state index contributed by atoms with van der Waals surface area (Å²) in [6, 6.07) is 10.3. The smallest absolute Gasteiger partial charge is 0.270 e. The van der Waals surface area contributed by atoms with E-state index >= 15 is 0 Å². The molecule has 96 valence electrons. The molecular weight excluding hydrogens is 224 g/mol. The Kier molecular flexibility index (Phi) is 3.70. The molecule has 1 aromatic heterocycles. The zero-order chi connectivity index (χ0) is 13.1. The fraction of sp³-hybridized carbons (Fsp3) is 0.400. The van der Waals surface area contributed by atoms with E-state index < -0.39 is 0 Å². The van der Waals surface area contributed by atoms with Crippen molar-refractivity contribution in [3.8, 4) is 11.3 Å². The van der Waals surface area contributed by atoms with Crippen LogP contribution >= 0.6 is 0 Å². The highest BCUT2D eigenvalue weighted by Gasteiger charge is 2.16. The van der Waals surface area contributed by atoms with Gasteiger partial charge in [-0.2, -0.15) is 0 Å². The number of benzene rings is 1. The van der Waals surface area contributed by atoms with Crippen LogP contribution in [0.25, 0.3) is 11.3 Å². The van der Waals surface area contributed by atoms with Crippen molar-refractivity contribution in [2.75, 3.05) is 0 Å². The van der Waals surface area contributed by atoms with Gasteiger partial charge in [0.2, 0.25) is 0 Å². The van der Waals surface area contributed by atoms with Crippen LogP contribution in [0.4, 0.5) is 0 Å². The molecule has 2 rings (SSSR count). The molecule has 0 aliphatic carbocycles. The Morgan fingerprint density at radius 2 is 1.78 bits per heavy atom. The Hall–Kier alpha value is -1.77. The van der Waals surface area contributed by atoms with Crippen molar-refractivity contribution in [3.63, 3.8) is 0 Å². The number of nitrogens with zero attached hydrogens (tertiary/aromatic N) is 1. The molecule has 0 atom stereocenters. The molecule has 0 aliphatic rings. The number of rotatable bonds is 4. The third kappa shape index (κ3) is 2.13. The normalized spacial score (nSPS) is 11.1. The zero-order valence-electron chi connectivity index (χ0n) is 11.2. The van der Waals surface area contributed by atoms with E-state index in [0.717, 1.165) is 29.7 Å². The van der Waals surface area contributed by atoms with Crippen LogP contribution in [0.15, 0.2) is 35.1 Å². The molecule has 1 N–H and O–H groups in total. The highest BCUT2D eigenvalue weighted by atomic mass is 16.1. The molecule has 0 radical (unpaired) electrons. The molecule has 2 aromatic rings. The van der Waals surface area contributed by atoms with Gasteiger partial charge >= 0.3 is 0 Å². The minimum Gasteiger partial charge on any atom is -0.294 e. The summed E-state index contributed by atoms with van der Waals surface area (Å²) in [4.78, 5) is 12.3. The fourth-order valence-electron chi connectivity index (χ4n) is 2.34. The largest absolute Gasteiger partial charge is 0.294 e. The summed E-state index contributed by atoms with van der Waals surface area (Å²) in [5, 5.41) is 3.27. The van der Waals surface area contributed by atoms with Crippen LogP contribution in [0.3, 0.4) is 0 Å². The summed E-state index contributed by atoms with van der Waals surface area (Å²) >= 11 is 0. The van der Waals surface area contributed by atoms with E-state index in [2.05, 4.69) is 18.9 Å². The van der Waals surface area contributed by atoms with Crippen molar-refractivity contribution in [1.29, 1.82) is 0 Å². The highest BCUT2D eigenvalue weighted by molar-refractivity contribution is 5.62. The maximum absolute atomic E-state index is 12.3. The first kappa shape index (κ1) is 12.7. The van der Waals surface area contributed by atoms with Crippen molar-refractivity contribution < 1.29 is 0 Å². The minimum atomic E-state index is 0.0996. The zero-order valence-corrected chi connectivity index (χ0v) is 11.2. The Morgan fingerprint density at radius 1 is 1.17 bits per heavy atom. The SMILES string of the molecule is CCC(CC)n1[nH]c(-c2ccccc2)c(C)c1=O. The van der Waals surface area contributed by atoms with Gasteiger partial charge in [-0.3, -0.25) is 9.89 Å². The van der Waals surface area contributed by atoms with Crippen LogP contribution in [-0.4, -0.2) is 9.78 Å². The van der Waals surface area contributed by atoms with Crippen molar-refractivity contribution in [1.82, 2.24) is 9.78 Å². The number of hydrogen-bond acceptors (Lipinski definition) is 1. The van der Waals surface area contributed by atoms with Gasteiger partial charge in [0.05, 0.1) is 11.7 Å². The molecule has 0 amide bonds. The first-order valence-corrected chi connectivity index (χ1v) is 6.55. The predicted molar refractivity (Wildman–Crippen MR) is 74.8 cm³/mol. The lowest BCUT2D eigenvalue weighted by Crippen LogP contribution is -2.22. The van der Waals surface area contributed by atoms with Gasteiger partial charge in [-0.15, -0.1) is 0 Å². The monoisotopic (exact) mass is 244 g/mol.